The first-order valence-corrected chi connectivity index (χ1v) is 19.0. The van der Waals surface area contributed by atoms with Crippen LogP contribution in [0.3, 0.4) is 0 Å². The number of rotatable bonds is 7. The molecule has 0 aliphatic rings. The van der Waals surface area contributed by atoms with Crippen molar-refractivity contribution in [3.63, 3.8) is 0 Å². The number of pyridine rings is 2. The van der Waals surface area contributed by atoms with Crippen LogP contribution in [-0.2, 0) is 20.1 Å². The van der Waals surface area contributed by atoms with E-state index in [2.05, 4.69) is 138 Å². The summed E-state index contributed by atoms with van der Waals surface area (Å²) in [4.78, 5) is 9.33. The van der Waals surface area contributed by atoms with Crippen molar-refractivity contribution in [2.75, 3.05) is 0 Å². The first-order chi connectivity index (χ1) is 20.5. The fourth-order valence-corrected chi connectivity index (χ4v) is 6.88. The number of benzene rings is 3. The summed E-state index contributed by atoms with van der Waals surface area (Å²) in [6.45, 7) is 20.6. The van der Waals surface area contributed by atoms with Gasteiger partial charge in [0.1, 0.15) is 0 Å². The third kappa shape index (κ3) is 8.94. The zero-order valence-corrected chi connectivity index (χ0v) is 31.1. The van der Waals surface area contributed by atoms with Gasteiger partial charge in [-0.1, -0.05) is 103 Å². The van der Waals surface area contributed by atoms with E-state index >= 15 is 0 Å². The molecule has 2 nitrogen and oxygen atoms in total. The molecular weight excluding hydrogens is 729 g/mol. The van der Waals surface area contributed by atoms with E-state index < -0.39 is 8.07 Å². The quantitative estimate of drug-likeness (QED) is 0.122. The van der Waals surface area contributed by atoms with Crippen LogP contribution >= 0.6 is 0 Å². The zero-order chi connectivity index (χ0) is 31.1. The molecule has 5 aromatic rings. The van der Waals surface area contributed by atoms with Gasteiger partial charge in [0.15, 0.2) is 0 Å². The molecule has 0 N–H and O–H groups in total. The topological polar surface area (TPSA) is 25.8 Å². The molecule has 0 unspecified atom stereocenters. The first-order valence-electron chi connectivity index (χ1n) is 15.5. The molecule has 0 spiro atoms. The van der Waals surface area contributed by atoms with Crippen LogP contribution in [0.1, 0.15) is 76.0 Å². The Morgan fingerprint density at radius 2 is 1.11 bits per heavy atom. The minimum absolute atomic E-state index is 0. The monoisotopic (exact) mass is 775 g/mol. The van der Waals surface area contributed by atoms with Crippen LogP contribution in [0, 0.1) is 12.1 Å². The van der Waals surface area contributed by atoms with Crippen LogP contribution in [0.4, 0.5) is 0 Å². The summed E-state index contributed by atoms with van der Waals surface area (Å²) < 4.78 is 0. The van der Waals surface area contributed by atoms with Gasteiger partial charge in [-0.3, -0.25) is 0 Å². The Hall–Kier alpha value is -3.17. The second-order valence-electron chi connectivity index (χ2n) is 13.2. The molecule has 0 aliphatic heterocycles. The van der Waals surface area contributed by atoms with Gasteiger partial charge in [0, 0.05) is 32.5 Å². The summed E-state index contributed by atoms with van der Waals surface area (Å²) in [6.07, 6.45) is 4.12. The predicted octanol–water partition coefficient (Wildman–Crippen LogP) is 10.7. The van der Waals surface area contributed by atoms with Gasteiger partial charge in [-0.05, 0) is 56.6 Å². The Balaban J connectivity index is 0.000000241. The van der Waals surface area contributed by atoms with Crippen LogP contribution in [0.2, 0.25) is 19.6 Å². The van der Waals surface area contributed by atoms with Gasteiger partial charge in [0.2, 0.25) is 0 Å². The largest absolute Gasteiger partial charge is 0.305 e. The summed E-state index contributed by atoms with van der Waals surface area (Å²) in [6, 6.07) is 36.0. The summed E-state index contributed by atoms with van der Waals surface area (Å²) in [5.41, 5.74) is 10.7. The second kappa shape index (κ2) is 15.7. The predicted molar refractivity (Wildman–Crippen MR) is 188 cm³/mol. The maximum atomic E-state index is 4.67. The molecule has 5 rings (SSSR count). The van der Waals surface area contributed by atoms with E-state index in [-0.39, 0.29) is 20.1 Å². The molecule has 2 aromatic heterocycles. The van der Waals surface area contributed by atoms with Crippen molar-refractivity contribution in [1.29, 1.82) is 0 Å². The average Bonchev–Trinajstić information content (AvgIpc) is 3.01. The molecule has 0 saturated carbocycles. The van der Waals surface area contributed by atoms with Gasteiger partial charge < -0.3 is 9.97 Å². The van der Waals surface area contributed by atoms with E-state index in [1.165, 1.54) is 33.0 Å². The maximum Gasteiger partial charge on any atom is 0.0799 e. The molecule has 1 radical (unpaired) electrons. The van der Waals surface area contributed by atoms with Gasteiger partial charge in [-0.25, -0.2) is 0 Å². The minimum atomic E-state index is -1.34. The average molecular weight is 775 g/mol. The molecule has 0 atom stereocenters. The summed E-state index contributed by atoms with van der Waals surface area (Å²) in [7, 11) is -1.34. The molecule has 231 valence electrons. The van der Waals surface area contributed by atoms with Gasteiger partial charge in [-0.15, -0.1) is 71.8 Å². The van der Waals surface area contributed by atoms with Gasteiger partial charge in [0.25, 0.3) is 0 Å². The smallest absolute Gasteiger partial charge is 0.0799 e. The van der Waals surface area contributed by atoms with E-state index in [0.717, 1.165) is 22.5 Å². The standard InChI is InChI=1S/C23H24N.C17H22NSi.Ir/c1-16(2)18-10-12-19(13-11-18)21-14-23(20-8-6-5-7-9-20)24-15-22(21)17(3)4;1-13(2)15-11-16(14-9-7-6-8-10-14)18-12-17(15)19(3,4)5;/h5-8,10-17H,1-4H3;6-9,11-13H,1-5H3;/q2*-1;. The van der Waals surface area contributed by atoms with E-state index in [0.29, 0.717) is 17.8 Å². The van der Waals surface area contributed by atoms with Crippen molar-refractivity contribution in [2.24, 2.45) is 0 Å². The van der Waals surface area contributed by atoms with Crippen molar-refractivity contribution in [1.82, 2.24) is 9.97 Å². The molecule has 0 bridgehead atoms. The molecule has 4 heteroatoms. The second-order valence-corrected chi connectivity index (χ2v) is 18.2. The molecule has 0 saturated heterocycles. The fraction of sp³-hybridized carbons (Fsp3) is 0.300. The third-order valence-electron chi connectivity index (χ3n) is 7.78. The summed E-state index contributed by atoms with van der Waals surface area (Å²) >= 11 is 0. The Morgan fingerprint density at radius 3 is 1.57 bits per heavy atom. The van der Waals surface area contributed by atoms with Crippen LogP contribution < -0.4 is 5.19 Å². The molecule has 3 aromatic carbocycles. The Kier molecular flexibility index (Phi) is 12.6. The number of hydrogen-bond acceptors (Lipinski definition) is 2. The molecular formula is C40H46IrN2Si-2. The van der Waals surface area contributed by atoms with E-state index in [4.69, 9.17) is 0 Å². The SMILES string of the molecule is CC(C)c1cc(-c2[c-]cccc2)ncc1[Si](C)(C)C.CC(C)c1ccc(-c2cc(-c3[c-]cccc3)ncc2C(C)C)cc1.[Ir]. The van der Waals surface area contributed by atoms with E-state index in [9.17, 15) is 0 Å². The molecule has 0 aliphatic carbocycles. The Morgan fingerprint density at radius 1 is 0.591 bits per heavy atom. The van der Waals surface area contributed by atoms with Crippen molar-refractivity contribution >= 4 is 13.3 Å². The summed E-state index contributed by atoms with van der Waals surface area (Å²) in [5, 5.41) is 1.47. The molecule has 44 heavy (non-hydrogen) atoms. The number of hydrogen-bond donors (Lipinski definition) is 0. The summed E-state index contributed by atoms with van der Waals surface area (Å²) in [5.74, 6) is 1.52. The van der Waals surface area contributed by atoms with Crippen LogP contribution in [0.25, 0.3) is 33.6 Å². The van der Waals surface area contributed by atoms with Crippen LogP contribution in [0.15, 0.2) is 97.3 Å². The van der Waals surface area contributed by atoms with Gasteiger partial charge in [-0.2, -0.15) is 0 Å². The van der Waals surface area contributed by atoms with Crippen molar-refractivity contribution in [2.45, 2.75) is 78.9 Å². The molecule has 0 amide bonds. The maximum absolute atomic E-state index is 4.67. The third-order valence-corrected chi connectivity index (χ3v) is 9.81. The normalized spacial score (nSPS) is 11.3. The van der Waals surface area contributed by atoms with E-state index in [1.54, 1.807) is 0 Å². The first kappa shape index (κ1) is 35.3. The molecule has 0 fully saturated rings. The van der Waals surface area contributed by atoms with Crippen LogP contribution in [-0.4, -0.2) is 18.0 Å². The van der Waals surface area contributed by atoms with Crippen molar-refractivity contribution in [3.8, 4) is 33.6 Å². The Labute approximate surface area is 280 Å². The minimum Gasteiger partial charge on any atom is -0.305 e. The number of aromatic nitrogens is 2. The van der Waals surface area contributed by atoms with Crippen LogP contribution in [0.5, 0.6) is 0 Å². The van der Waals surface area contributed by atoms with Crippen molar-refractivity contribution < 1.29 is 20.1 Å². The van der Waals surface area contributed by atoms with Gasteiger partial charge in [0.05, 0.1) is 8.07 Å². The molecule has 2 heterocycles. The Bertz CT molecular complexity index is 1600. The van der Waals surface area contributed by atoms with Gasteiger partial charge >= 0.3 is 0 Å². The van der Waals surface area contributed by atoms with Crippen molar-refractivity contribution in [3.05, 3.63) is 126 Å². The number of nitrogens with zero attached hydrogens (tertiary/aromatic N) is 2. The fourth-order valence-electron chi connectivity index (χ4n) is 5.20. The van der Waals surface area contributed by atoms with E-state index in [1.807, 2.05) is 42.6 Å². The zero-order valence-electron chi connectivity index (χ0n) is 27.7.